The summed E-state index contributed by atoms with van der Waals surface area (Å²) in [5.74, 6) is -1.60. The number of halogens is 1. The molecule has 3 aromatic rings. The van der Waals surface area contributed by atoms with E-state index in [1.54, 1.807) is 51.2 Å². The summed E-state index contributed by atoms with van der Waals surface area (Å²) in [6.45, 7) is 5.35. The molecule has 0 unspecified atom stereocenters. The molecule has 7 heteroatoms. The summed E-state index contributed by atoms with van der Waals surface area (Å²) in [6, 6.07) is 12.0. The number of esters is 1. The molecular formula is C23H23ClN2O4. The van der Waals surface area contributed by atoms with Gasteiger partial charge in [-0.2, -0.15) is 0 Å². The van der Waals surface area contributed by atoms with E-state index in [0.717, 1.165) is 5.56 Å². The maximum atomic E-state index is 13.1. The second-order valence-electron chi connectivity index (χ2n) is 7.27. The number of hydrogen-bond donors (Lipinski definition) is 1. The van der Waals surface area contributed by atoms with Crippen LogP contribution in [0.1, 0.15) is 36.7 Å². The lowest BCUT2D eigenvalue weighted by atomic mass is 10.0. The van der Waals surface area contributed by atoms with E-state index >= 15 is 0 Å². The smallest absolute Gasteiger partial charge is 0.313 e. The summed E-state index contributed by atoms with van der Waals surface area (Å²) in [4.78, 5) is 38.7. The molecule has 1 aromatic heterocycles. The van der Waals surface area contributed by atoms with Crippen LogP contribution < -0.4 is 15.6 Å². The number of hydrogen-bond acceptors (Lipinski definition) is 4. The molecule has 0 atom stereocenters. The fourth-order valence-electron chi connectivity index (χ4n) is 3.17. The average Bonchev–Trinajstić information content (AvgIpc) is 2.72. The zero-order chi connectivity index (χ0) is 22.0. The van der Waals surface area contributed by atoms with Gasteiger partial charge in [-0.1, -0.05) is 44.5 Å². The van der Waals surface area contributed by atoms with E-state index in [0.29, 0.717) is 28.0 Å². The zero-order valence-electron chi connectivity index (χ0n) is 17.3. The first-order valence-electron chi connectivity index (χ1n) is 9.67. The van der Waals surface area contributed by atoms with Crippen LogP contribution in [0.15, 0.2) is 47.3 Å². The third kappa shape index (κ3) is 4.09. The van der Waals surface area contributed by atoms with E-state index < -0.39 is 23.4 Å². The van der Waals surface area contributed by atoms with Crippen molar-refractivity contribution in [3.05, 3.63) is 69.0 Å². The molecule has 0 radical (unpaired) electrons. The average molecular weight is 427 g/mol. The van der Waals surface area contributed by atoms with Gasteiger partial charge in [-0.25, -0.2) is 0 Å². The number of nitrogens with one attached hydrogen (secondary N) is 1. The van der Waals surface area contributed by atoms with Crippen LogP contribution in [0.4, 0.5) is 5.69 Å². The summed E-state index contributed by atoms with van der Waals surface area (Å²) in [6.07, 6.45) is 0.639. The number of fused-ring (bicyclic) bond motifs is 1. The highest BCUT2D eigenvalue weighted by Gasteiger charge is 2.26. The van der Waals surface area contributed by atoms with Gasteiger partial charge >= 0.3 is 5.97 Å². The van der Waals surface area contributed by atoms with Crippen molar-refractivity contribution < 1.29 is 14.3 Å². The monoisotopic (exact) mass is 426 g/mol. The van der Waals surface area contributed by atoms with E-state index in [2.05, 4.69) is 5.32 Å². The molecule has 6 nitrogen and oxygen atoms in total. The summed E-state index contributed by atoms with van der Waals surface area (Å²) in [7, 11) is 1.59. The second kappa shape index (κ2) is 8.71. The molecule has 0 saturated heterocycles. The number of rotatable bonds is 5. The molecule has 1 heterocycles. The third-order valence-electron chi connectivity index (χ3n) is 4.85. The van der Waals surface area contributed by atoms with Gasteiger partial charge in [-0.3, -0.25) is 14.4 Å². The van der Waals surface area contributed by atoms with Gasteiger partial charge in [0, 0.05) is 23.1 Å². The molecule has 0 fully saturated rings. The highest BCUT2D eigenvalue weighted by Crippen LogP contribution is 2.32. The molecule has 156 valence electrons. The molecule has 0 saturated carbocycles. The van der Waals surface area contributed by atoms with Crippen LogP contribution in [0, 0.1) is 5.92 Å². The highest BCUT2D eigenvalue weighted by atomic mass is 35.5. The largest absolute Gasteiger partial charge is 0.425 e. The molecule has 0 aliphatic heterocycles. The predicted octanol–water partition coefficient (Wildman–Crippen LogP) is 4.57. The Hall–Kier alpha value is -3.12. The Morgan fingerprint density at radius 3 is 2.40 bits per heavy atom. The molecule has 1 N–H and O–H groups in total. The summed E-state index contributed by atoms with van der Waals surface area (Å²) >= 11 is 5.90. The topological polar surface area (TPSA) is 77.4 Å². The Morgan fingerprint density at radius 1 is 1.13 bits per heavy atom. The fraction of sp³-hybridized carbons (Fsp3) is 0.261. The summed E-state index contributed by atoms with van der Waals surface area (Å²) in [5.41, 5.74) is 1.17. The Kier molecular flexibility index (Phi) is 6.27. The lowest BCUT2D eigenvalue weighted by Crippen LogP contribution is -2.30. The van der Waals surface area contributed by atoms with Crippen molar-refractivity contribution in [1.82, 2.24) is 4.57 Å². The minimum Gasteiger partial charge on any atom is -0.425 e. The Bertz CT molecular complexity index is 1180. The Balaban J connectivity index is 2.26. The van der Waals surface area contributed by atoms with Crippen LogP contribution in [0.2, 0.25) is 5.02 Å². The summed E-state index contributed by atoms with van der Waals surface area (Å²) in [5, 5.41) is 3.80. The number of aromatic nitrogens is 1. The second-order valence-corrected chi connectivity index (χ2v) is 7.71. The van der Waals surface area contributed by atoms with Gasteiger partial charge in [-0.15, -0.1) is 0 Å². The van der Waals surface area contributed by atoms with E-state index in [-0.39, 0.29) is 11.3 Å². The number of carbonyl (C=O) groups is 2. The van der Waals surface area contributed by atoms with Crippen LogP contribution in [-0.2, 0) is 18.3 Å². The molecule has 30 heavy (non-hydrogen) atoms. The lowest BCUT2D eigenvalue weighted by Gasteiger charge is -2.18. The van der Waals surface area contributed by atoms with E-state index in [4.69, 9.17) is 16.3 Å². The maximum Gasteiger partial charge on any atom is 0.313 e. The van der Waals surface area contributed by atoms with E-state index in [1.165, 1.54) is 4.57 Å². The number of aryl methyl sites for hydroxylation is 2. The van der Waals surface area contributed by atoms with Crippen molar-refractivity contribution in [3.63, 3.8) is 0 Å². The minimum absolute atomic E-state index is 0.00397. The number of anilines is 1. The van der Waals surface area contributed by atoms with Crippen molar-refractivity contribution >= 4 is 40.1 Å². The molecule has 3 rings (SSSR count). The lowest BCUT2D eigenvalue weighted by molar-refractivity contribution is -0.137. The normalized spacial score (nSPS) is 11.0. The molecule has 1 amide bonds. The van der Waals surface area contributed by atoms with Gasteiger partial charge in [0.1, 0.15) is 5.56 Å². The van der Waals surface area contributed by atoms with Gasteiger partial charge in [0.25, 0.3) is 11.5 Å². The van der Waals surface area contributed by atoms with Crippen molar-refractivity contribution in [2.45, 2.75) is 27.2 Å². The fourth-order valence-corrected chi connectivity index (χ4v) is 3.30. The van der Waals surface area contributed by atoms with Crippen LogP contribution in [0.3, 0.4) is 0 Å². The highest BCUT2D eigenvalue weighted by molar-refractivity contribution is 6.30. The molecule has 2 aromatic carbocycles. The first-order chi connectivity index (χ1) is 14.2. The molecule has 0 aliphatic rings. The minimum atomic E-state index is -0.655. The predicted molar refractivity (Wildman–Crippen MR) is 118 cm³/mol. The van der Waals surface area contributed by atoms with E-state index in [9.17, 15) is 14.4 Å². The van der Waals surface area contributed by atoms with Crippen molar-refractivity contribution in [2.75, 3.05) is 5.32 Å². The standard InChI is InChI=1S/C23H23ClN2O4/c1-5-14-7-6-8-17-18(14)20(30-23(29)13(2)3)19(22(28)26(17)4)21(27)25-16-11-9-15(24)10-12-16/h6-13H,5H2,1-4H3,(H,25,27). The van der Waals surface area contributed by atoms with Crippen molar-refractivity contribution in [3.8, 4) is 5.75 Å². The Morgan fingerprint density at radius 2 is 1.80 bits per heavy atom. The number of pyridine rings is 1. The molecule has 0 bridgehead atoms. The SMILES string of the molecule is CCc1cccc2c1c(OC(=O)C(C)C)c(C(=O)Nc1ccc(Cl)cc1)c(=O)n2C. The molecular weight excluding hydrogens is 404 g/mol. The van der Waals surface area contributed by atoms with Crippen LogP contribution in [0.5, 0.6) is 5.75 Å². The van der Waals surface area contributed by atoms with Crippen molar-refractivity contribution in [1.29, 1.82) is 0 Å². The van der Waals surface area contributed by atoms with Gasteiger partial charge < -0.3 is 14.6 Å². The van der Waals surface area contributed by atoms with Gasteiger partial charge in [0.05, 0.1) is 11.4 Å². The van der Waals surface area contributed by atoms with Crippen LogP contribution >= 0.6 is 11.6 Å². The number of ether oxygens (including phenoxy) is 1. The number of benzene rings is 2. The van der Waals surface area contributed by atoms with Gasteiger partial charge in [0.2, 0.25) is 0 Å². The third-order valence-corrected chi connectivity index (χ3v) is 5.10. The first kappa shape index (κ1) is 21.6. The van der Waals surface area contributed by atoms with Crippen molar-refractivity contribution in [2.24, 2.45) is 13.0 Å². The quantitative estimate of drug-likeness (QED) is 0.606. The van der Waals surface area contributed by atoms with Gasteiger partial charge in [0.15, 0.2) is 5.75 Å². The molecule has 0 aliphatic carbocycles. The summed E-state index contributed by atoms with van der Waals surface area (Å²) < 4.78 is 7.04. The number of carbonyl (C=O) groups excluding carboxylic acids is 2. The number of amides is 1. The van der Waals surface area contributed by atoms with Crippen LogP contribution in [0.25, 0.3) is 10.9 Å². The van der Waals surface area contributed by atoms with Crippen LogP contribution in [-0.4, -0.2) is 16.4 Å². The first-order valence-corrected chi connectivity index (χ1v) is 10.1. The number of nitrogens with zero attached hydrogens (tertiary/aromatic N) is 1. The maximum absolute atomic E-state index is 13.1. The molecule has 0 spiro atoms. The van der Waals surface area contributed by atoms with E-state index in [1.807, 2.05) is 19.1 Å². The Labute approximate surface area is 179 Å². The zero-order valence-corrected chi connectivity index (χ0v) is 18.0. The van der Waals surface area contributed by atoms with Gasteiger partial charge in [-0.05, 0) is 42.3 Å².